The molecule has 0 amide bonds. The van der Waals surface area contributed by atoms with E-state index in [0.29, 0.717) is 31.5 Å². The van der Waals surface area contributed by atoms with E-state index < -0.39 is 0 Å². The molecule has 0 bridgehead atoms. The zero-order valence-corrected chi connectivity index (χ0v) is 20.6. The minimum absolute atomic E-state index is 0.306. The Morgan fingerprint density at radius 3 is 2.33 bits per heavy atom. The number of morpholine rings is 1. The van der Waals surface area contributed by atoms with E-state index in [1.54, 1.807) is 0 Å². The van der Waals surface area contributed by atoms with Crippen molar-refractivity contribution in [3.8, 4) is 11.5 Å². The molecule has 1 aromatic heterocycles. The Balaban J connectivity index is 1.35. The third kappa shape index (κ3) is 6.08. The van der Waals surface area contributed by atoms with Gasteiger partial charge in [0.05, 0.1) is 43.6 Å². The molecule has 4 rings (SSSR count). The Morgan fingerprint density at radius 1 is 1.00 bits per heavy atom. The maximum Gasteiger partial charge on any atom is 0.163 e. The van der Waals surface area contributed by atoms with Crippen LogP contribution in [-0.2, 0) is 9.47 Å². The van der Waals surface area contributed by atoms with Gasteiger partial charge >= 0.3 is 0 Å². The second kappa shape index (κ2) is 11.4. The summed E-state index contributed by atoms with van der Waals surface area (Å²) in [5.41, 5.74) is 2.14. The minimum Gasteiger partial charge on any atom is -0.490 e. The van der Waals surface area contributed by atoms with Gasteiger partial charge in [0.2, 0.25) is 0 Å². The summed E-state index contributed by atoms with van der Waals surface area (Å²) in [6.45, 7) is 15.2. The molecule has 7 heteroatoms. The van der Waals surface area contributed by atoms with Crippen molar-refractivity contribution in [1.29, 1.82) is 0 Å². The van der Waals surface area contributed by atoms with Gasteiger partial charge in [0.25, 0.3) is 0 Å². The number of fused-ring (bicyclic) bond motifs is 1. The summed E-state index contributed by atoms with van der Waals surface area (Å²) in [4.78, 5) is 9.50. The fourth-order valence-corrected chi connectivity index (χ4v) is 5.03. The number of hydrogen-bond donors (Lipinski definition) is 0. The summed E-state index contributed by atoms with van der Waals surface area (Å²) in [7, 11) is 0. The molecule has 182 valence electrons. The van der Waals surface area contributed by atoms with Gasteiger partial charge in [-0.3, -0.25) is 9.88 Å². The molecular formula is C26H39N3O4. The van der Waals surface area contributed by atoms with Gasteiger partial charge < -0.3 is 23.8 Å². The normalized spacial score (nSPS) is 22.6. The van der Waals surface area contributed by atoms with Crippen LogP contribution in [0.25, 0.3) is 10.9 Å². The molecule has 0 N–H and O–H groups in total. The number of benzene rings is 1. The van der Waals surface area contributed by atoms with Crippen molar-refractivity contribution in [3.63, 3.8) is 0 Å². The molecule has 2 saturated heterocycles. The van der Waals surface area contributed by atoms with E-state index in [9.17, 15) is 0 Å². The fraction of sp³-hybridized carbons (Fsp3) is 0.654. The molecule has 0 radical (unpaired) electrons. The second-order valence-electron chi connectivity index (χ2n) is 9.09. The van der Waals surface area contributed by atoms with Gasteiger partial charge in [0.15, 0.2) is 11.5 Å². The van der Waals surface area contributed by atoms with Crippen molar-refractivity contribution in [1.82, 2.24) is 9.88 Å². The van der Waals surface area contributed by atoms with Crippen molar-refractivity contribution < 1.29 is 18.9 Å². The van der Waals surface area contributed by atoms with Crippen molar-refractivity contribution in [2.24, 2.45) is 0 Å². The number of anilines is 1. The quantitative estimate of drug-likeness (QED) is 0.561. The van der Waals surface area contributed by atoms with Gasteiger partial charge in [-0.05, 0) is 52.7 Å². The molecule has 0 spiro atoms. The average molecular weight is 458 g/mol. The van der Waals surface area contributed by atoms with E-state index in [0.717, 1.165) is 74.6 Å². The fourth-order valence-electron chi connectivity index (χ4n) is 5.03. The van der Waals surface area contributed by atoms with E-state index in [1.165, 1.54) is 5.69 Å². The lowest BCUT2D eigenvalue weighted by atomic mass is 10.1. The Morgan fingerprint density at radius 2 is 1.67 bits per heavy atom. The highest BCUT2D eigenvalue weighted by Gasteiger charge is 2.24. The van der Waals surface area contributed by atoms with Crippen molar-refractivity contribution in [2.75, 3.05) is 57.4 Å². The van der Waals surface area contributed by atoms with Gasteiger partial charge in [0.1, 0.15) is 0 Å². The highest BCUT2D eigenvalue weighted by atomic mass is 16.5. The number of piperidine rings is 1. The summed E-state index contributed by atoms with van der Waals surface area (Å²) >= 11 is 0. The lowest BCUT2D eigenvalue weighted by Gasteiger charge is -2.36. The lowest BCUT2D eigenvalue weighted by molar-refractivity contribution is -0.0768. The number of rotatable bonds is 9. The number of ether oxygens (including phenoxy) is 4. The first kappa shape index (κ1) is 24.0. The van der Waals surface area contributed by atoms with Gasteiger partial charge in [-0.2, -0.15) is 0 Å². The maximum atomic E-state index is 6.26. The first-order chi connectivity index (χ1) is 16.1. The van der Waals surface area contributed by atoms with Crippen molar-refractivity contribution >= 4 is 16.6 Å². The largest absolute Gasteiger partial charge is 0.490 e. The predicted molar refractivity (Wildman–Crippen MR) is 132 cm³/mol. The maximum absolute atomic E-state index is 6.26. The van der Waals surface area contributed by atoms with Crippen LogP contribution in [0.2, 0.25) is 0 Å². The van der Waals surface area contributed by atoms with Gasteiger partial charge in [-0.1, -0.05) is 0 Å². The summed E-state index contributed by atoms with van der Waals surface area (Å²) in [5, 5.41) is 1.11. The monoisotopic (exact) mass is 457 g/mol. The number of pyridine rings is 1. The average Bonchev–Trinajstić information content (AvgIpc) is 2.79. The van der Waals surface area contributed by atoms with Crippen LogP contribution in [0.5, 0.6) is 11.5 Å². The molecular weight excluding hydrogens is 418 g/mol. The molecule has 2 unspecified atom stereocenters. The van der Waals surface area contributed by atoms with Crippen LogP contribution in [0.3, 0.4) is 0 Å². The molecule has 2 aliphatic rings. The summed E-state index contributed by atoms with van der Waals surface area (Å²) in [6.07, 6.45) is 4.90. The number of hydrogen-bond acceptors (Lipinski definition) is 7. The predicted octanol–water partition coefficient (Wildman–Crippen LogP) is 4.13. The second-order valence-corrected chi connectivity index (χ2v) is 9.09. The molecule has 2 aromatic rings. The SMILES string of the molecule is CCOc1cc2nccc(N3CCC(OCCN4CC(C)OC(C)C4)CC3)c2cc1OCC. The lowest BCUT2D eigenvalue weighted by Crippen LogP contribution is -2.47. The molecule has 0 saturated carbocycles. The third-order valence-electron chi connectivity index (χ3n) is 6.42. The summed E-state index contributed by atoms with van der Waals surface area (Å²) in [6, 6.07) is 6.19. The van der Waals surface area contributed by atoms with Crippen molar-refractivity contribution in [2.45, 2.75) is 58.8 Å². The Labute approximate surface area is 197 Å². The van der Waals surface area contributed by atoms with Gasteiger partial charge in [-0.25, -0.2) is 0 Å². The molecule has 1 aromatic carbocycles. The molecule has 2 fully saturated rings. The van der Waals surface area contributed by atoms with Crippen LogP contribution in [0.4, 0.5) is 5.69 Å². The van der Waals surface area contributed by atoms with E-state index in [1.807, 2.05) is 26.1 Å². The van der Waals surface area contributed by atoms with Crippen LogP contribution >= 0.6 is 0 Å². The van der Waals surface area contributed by atoms with E-state index in [-0.39, 0.29) is 0 Å². The van der Waals surface area contributed by atoms with Crippen LogP contribution < -0.4 is 14.4 Å². The first-order valence-electron chi connectivity index (χ1n) is 12.5. The topological polar surface area (TPSA) is 56.3 Å². The standard InChI is InChI=1S/C26H39N3O4/c1-5-30-25-15-22-23(16-26(25)31-6-2)27-10-7-24(22)29-11-8-21(9-12-29)32-14-13-28-17-19(3)33-20(4)18-28/h7,10,15-16,19-21H,5-6,8-9,11-14,17-18H2,1-4H3. The Hall–Kier alpha value is -2.09. The summed E-state index contributed by atoms with van der Waals surface area (Å²) < 4.78 is 23.7. The number of aromatic nitrogens is 1. The molecule has 0 aliphatic carbocycles. The molecule has 7 nitrogen and oxygen atoms in total. The van der Waals surface area contributed by atoms with E-state index in [2.05, 4.69) is 40.8 Å². The first-order valence-corrected chi connectivity index (χ1v) is 12.5. The van der Waals surface area contributed by atoms with Gasteiger partial charge in [0, 0.05) is 56.1 Å². The smallest absolute Gasteiger partial charge is 0.163 e. The highest BCUT2D eigenvalue weighted by molar-refractivity contribution is 5.94. The molecule has 33 heavy (non-hydrogen) atoms. The number of nitrogens with zero attached hydrogens (tertiary/aromatic N) is 3. The summed E-state index contributed by atoms with van der Waals surface area (Å²) in [5.74, 6) is 1.54. The van der Waals surface area contributed by atoms with Crippen LogP contribution in [0.15, 0.2) is 24.4 Å². The van der Waals surface area contributed by atoms with Crippen LogP contribution in [0, 0.1) is 0 Å². The minimum atomic E-state index is 0.306. The molecule has 3 heterocycles. The van der Waals surface area contributed by atoms with E-state index in [4.69, 9.17) is 18.9 Å². The van der Waals surface area contributed by atoms with Gasteiger partial charge in [-0.15, -0.1) is 0 Å². The van der Waals surface area contributed by atoms with Crippen LogP contribution in [0.1, 0.15) is 40.5 Å². The third-order valence-corrected chi connectivity index (χ3v) is 6.42. The molecule has 2 atom stereocenters. The Kier molecular flexibility index (Phi) is 8.28. The highest BCUT2D eigenvalue weighted by Crippen LogP contribution is 2.37. The zero-order chi connectivity index (χ0) is 23.2. The van der Waals surface area contributed by atoms with Crippen LogP contribution in [-0.4, -0.2) is 80.7 Å². The Bertz CT molecular complexity index is 890. The van der Waals surface area contributed by atoms with Crippen molar-refractivity contribution in [3.05, 3.63) is 24.4 Å². The van der Waals surface area contributed by atoms with E-state index >= 15 is 0 Å². The molecule has 2 aliphatic heterocycles. The zero-order valence-electron chi connectivity index (χ0n) is 20.6.